The summed E-state index contributed by atoms with van der Waals surface area (Å²) in [6, 6.07) is 11.6. The molecule has 5 heteroatoms. The van der Waals surface area contributed by atoms with Crippen LogP contribution < -0.4 is 5.32 Å². The lowest BCUT2D eigenvalue weighted by Gasteiger charge is -2.13. The molecule has 1 saturated heterocycles. The lowest BCUT2D eigenvalue weighted by Crippen LogP contribution is -2.33. The quantitative estimate of drug-likeness (QED) is 0.763. The van der Waals surface area contributed by atoms with Gasteiger partial charge >= 0.3 is 0 Å². The van der Waals surface area contributed by atoms with E-state index in [-0.39, 0.29) is 12.5 Å². The van der Waals surface area contributed by atoms with Gasteiger partial charge in [-0.1, -0.05) is 37.3 Å². The predicted octanol–water partition coefficient (Wildman–Crippen LogP) is 2.77. The molecular weight excluding hydrogens is 328 g/mol. The van der Waals surface area contributed by atoms with Crippen LogP contribution in [-0.2, 0) is 19.4 Å². The van der Waals surface area contributed by atoms with Gasteiger partial charge in [0, 0.05) is 31.5 Å². The number of benzene rings is 1. The van der Waals surface area contributed by atoms with Gasteiger partial charge < -0.3 is 14.8 Å². The monoisotopic (exact) mass is 356 g/mol. The van der Waals surface area contributed by atoms with Gasteiger partial charge in [0.05, 0.1) is 6.10 Å². The van der Waals surface area contributed by atoms with Gasteiger partial charge in [-0.3, -0.25) is 9.69 Å². The molecule has 2 aromatic rings. The normalized spacial score (nSPS) is 15.9. The molecule has 0 aliphatic carbocycles. The summed E-state index contributed by atoms with van der Waals surface area (Å²) in [5, 5.41) is 12.9. The van der Waals surface area contributed by atoms with Crippen LogP contribution in [-0.4, -0.2) is 41.7 Å². The molecule has 5 nitrogen and oxygen atoms in total. The highest BCUT2D eigenvalue weighted by Crippen LogP contribution is 2.20. The van der Waals surface area contributed by atoms with Gasteiger partial charge in [-0.05, 0) is 37.6 Å². The van der Waals surface area contributed by atoms with Crippen molar-refractivity contribution in [2.45, 2.75) is 45.3 Å². The van der Waals surface area contributed by atoms with Gasteiger partial charge in [0.2, 0.25) is 0 Å². The van der Waals surface area contributed by atoms with Gasteiger partial charge in [-0.25, -0.2) is 0 Å². The average molecular weight is 356 g/mol. The highest BCUT2D eigenvalue weighted by atomic mass is 16.4. The Bertz CT molecular complexity index is 705. The minimum atomic E-state index is -0.619. The molecule has 0 unspecified atom stereocenters. The first-order chi connectivity index (χ1) is 12.7. The van der Waals surface area contributed by atoms with Crippen LogP contribution in [0.25, 0.3) is 0 Å². The molecule has 1 aromatic heterocycles. The fourth-order valence-corrected chi connectivity index (χ4v) is 3.45. The van der Waals surface area contributed by atoms with Crippen LogP contribution in [0.15, 0.2) is 40.8 Å². The summed E-state index contributed by atoms with van der Waals surface area (Å²) in [6.07, 6.45) is 3.15. The zero-order chi connectivity index (χ0) is 18.4. The molecule has 1 aliphatic heterocycles. The second-order valence-corrected chi connectivity index (χ2v) is 6.95. The summed E-state index contributed by atoms with van der Waals surface area (Å²) >= 11 is 0. The number of hydrogen-bond donors (Lipinski definition) is 2. The Kier molecular flexibility index (Phi) is 6.47. The van der Waals surface area contributed by atoms with Gasteiger partial charge in [-0.2, -0.15) is 0 Å². The number of nitrogens with zero attached hydrogens (tertiary/aromatic N) is 1. The van der Waals surface area contributed by atoms with E-state index in [1.165, 1.54) is 12.8 Å². The third kappa shape index (κ3) is 4.96. The third-order valence-corrected chi connectivity index (χ3v) is 4.85. The van der Waals surface area contributed by atoms with Crippen LogP contribution in [0.4, 0.5) is 0 Å². The molecule has 1 aromatic carbocycles. The number of furan rings is 1. The van der Waals surface area contributed by atoms with E-state index in [9.17, 15) is 9.90 Å². The number of likely N-dealkylation sites (tertiary alicyclic amines) is 1. The first-order valence-electron chi connectivity index (χ1n) is 9.50. The Labute approximate surface area is 155 Å². The van der Waals surface area contributed by atoms with Crippen molar-refractivity contribution < 1.29 is 14.3 Å². The fraction of sp³-hybridized carbons (Fsp3) is 0.476. The molecule has 0 spiro atoms. The summed E-state index contributed by atoms with van der Waals surface area (Å²) in [6.45, 7) is 5.31. The van der Waals surface area contributed by atoms with Crippen molar-refractivity contribution in [3.05, 3.63) is 59.0 Å². The van der Waals surface area contributed by atoms with Crippen molar-refractivity contribution in [1.82, 2.24) is 10.2 Å². The number of rotatable bonds is 8. The summed E-state index contributed by atoms with van der Waals surface area (Å²) in [5.41, 5.74) is 2.15. The molecule has 140 valence electrons. The zero-order valence-corrected chi connectivity index (χ0v) is 15.4. The molecule has 0 saturated carbocycles. The van der Waals surface area contributed by atoms with Gasteiger partial charge in [-0.15, -0.1) is 0 Å². The van der Waals surface area contributed by atoms with Crippen molar-refractivity contribution in [2.24, 2.45) is 0 Å². The molecule has 1 amide bonds. The van der Waals surface area contributed by atoms with Gasteiger partial charge in [0.1, 0.15) is 5.76 Å². The van der Waals surface area contributed by atoms with E-state index in [1.807, 2.05) is 43.3 Å². The van der Waals surface area contributed by atoms with Crippen LogP contribution >= 0.6 is 0 Å². The number of hydrogen-bond acceptors (Lipinski definition) is 4. The molecule has 26 heavy (non-hydrogen) atoms. The maximum atomic E-state index is 12.4. The van der Waals surface area contributed by atoms with Gasteiger partial charge in [0.25, 0.3) is 5.91 Å². The number of aliphatic hydroxyl groups excluding tert-OH is 1. The second kappa shape index (κ2) is 9.01. The van der Waals surface area contributed by atoms with Crippen molar-refractivity contribution >= 4 is 5.91 Å². The first-order valence-corrected chi connectivity index (χ1v) is 9.50. The molecule has 2 heterocycles. The van der Waals surface area contributed by atoms with Gasteiger partial charge in [0.15, 0.2) is 5.76 Å². The first kappa shape index (κ1) is 18.7. The van der Waals surface area contributed by atoms with E-state index in [0.29, 0.717) is 12.2 Å². The molecule has 0 radical (unpaired) electrons. The zero-order valence-electron chi connectivity index (χ0n) is 15.4. The molecule has 2 N–H and O–H groups in total. The molecular formula is C21H28N2O3. The van der Waals surface area contributed by atoms with E-state index in [2.05, 4.69) is 10.2 Å². The number of carbonyl (C=O) groups is 1. The van der Waals surface area contributed by atoms with Crippen molar-refractivity contribution in [2.75, 3.05) is 19.6 Å². The van der Waals surface area contributed by atoms with E-state index < -0.39 is 6.10 Å². The van der Waals surface area contributed by atoms with Crippen molar-refractivity contribution in [1.29, 1.82) is 0 Å². The van der Waals surface area contributed by atoms with Crippen LogP contribution in [0.5, 0.6) is 0 Å². The van der Waals surface area contributed by atoms with Crippen LogP contribution in [0, 0.1) is 0 Å². The SMILES string of the molecule is CCc1oc(C(=O)NC[C@H](O)Cc2ccccc2)cc1CN1CCCC1. The fourth-order valence-electron chi connectivity index (χ4n) is 3.45. The predicted molar refractivity (Wildman–Crippen MR) is 101 cm³/mol. The number of carbonyl (C=O) groups excluding carboxylic acids is 1. The highest BCUT2D eigenvalue weighted by molar-refractivity contribution is 5.91. The van der Waals surface area contributed by atoms with E-state index in [0.717, 1.165) is 42.9 Å². The summed E-state index contributed by atoms with van der Waals surface area (Å²) < 4.78 is 5.77. The van der Waals surface area contributed by atoms with E-state index in [1.54, 1.807) is 0 Å². The minimum Gasteiger partial charge on any atom is -0.456 e. The average Bonchev–Trinajstić information content (AvgIpc) is 3.30. The molecule has 1 atom stereocenters. The Morgan fingerprint density at radius 2 is 2.00 bits per heavy atom. The molecule has 0 bridgehead atoms. The molecule has 3 rings (SSSR count). The number of aliphatic hydroxyl groups is 1. The van der Waals surface area contributed by atoms with E-state index in [4.69, 9.17) is 4.42 Å². The Morgan fingerprint density at radius 3 is 2.69 bits per heavy atom. The Hall–Kier alpha value is -2.11. The van der Waals surface area contributed by atoms with Crippen LogP contribution in [0.1, 0.15) is 47.2 Å². The lowest BCUT2D eigenvalue weighted by atomic mass is 10.1. The summed E-state index contributed by atoms with van der Waals surface area (Å²) in [7, 11) is 0. The van der Waals surface area contributed by atoms with Crippen LogP contribution in [0.2, 0.25) is 0 Å². The summed E-state index contributed by atoms with van der Waals surface area (Å²) in [4.78, 5) is 14.8. The molecule has 1 fully saturated rings. The number of nitrogens with one attached hydrogen (secondary N) is 1. The topological polar surface area (TPSA) is 65.7 Å². The maximum Gasteiger partial charge on any atom is 0.287 e. The highest BCUT2D eigenvalue weighted by Gasteiger charge is 2.20. The van der Waals surface area contributed by atoms with Crippen LogP contribution in [0.3, 0.4) is 0 Å². The minimum absolute atomic E-state index is 0.206. The third-order valence-electron chi connectivity index (χ3n) is 4.85. The second-order valence-electron chi connectivity index (χ2n) is 6.95. The van der Waals surface area contributed by atoms with Crippen molar-refractivity contribution in [3.8, 4) is 0 Å². The van der Waals surface area contributed by atoms with E-state index >= 15 is 0 Å². The number of aryl methyl sites for hydroxylation is 1. The smallest absolute Gasteiger partial charge is 0.287 e. The largest absolute Gasteiger partial charge is 0.456 e. The maximum absolute atomic E-state index is 12.4. The molecule has 1 aliphatic rings. The number of amides is 1. The van der Waals surface area contributed by atoms with Crippen molar-refractivity contribution in [3.63, 3.8) is 0 Å². The Balaban J connectivity index is 1.54. The Morgan fingerprint density at radius 1 is 1.27 bits per heavy atom. The lowest BCUT2D eigenvalue weighted by molar-refractivity contribution is 0.0887. The standard InChI is InChI=1S/C21H28N2O3/c1-2-19-17(15-23-10-6-7-11-23)13-20(26-19)21(25)22-14-18(24)12-16-8-4-3-5-9-16/h3-5,8-9,13,18,24H,2,6-7,10-12,14-15H2,1H3,(H,22,25)/t18-/m1/s1. The summed E-state index contributed by atoms with van der Waals surface area (Å²) in [5.74, 6) is 0.953.